The van der Waals surface area contributed by atoms with Gasteiger partial charge in [0, 0.05) is 16.8 Å². The van der Waals surface area contributed by atoms with E-state index in [1.54, 1.807) is 6.20 Å². The Labute approximate surface area is 86.3 Å². The van der Waals surface area contributed by atoms with Gasteiger partial charge in [-0.2, -0.15) is 0 Å². The van der Waals surface area contributed by atoms with Crippen molar-refractivity contribution in [3.8, 4) is 11.3 Å². The van der Waals surface area contributed by atoms with Crippen molar-refractivity contribution < 1.29 is 0 Å². The van der Waals surface area contributed by atoms with E-state index in [0.29, 0.717) is 10.0 Å². The highest BCUT2D eigenvalue weighted by molar-refractivity contribution is 6.33. The first kappa shape index (κ1) is 8.67. The van der Waals surface area contributed by atoms with Crippen LogP contribution in [0.4, 0.5) is 0 Å². The molecule has 1 heterocycles. The maximum Gasteiger partial charge on any atom is 0.0661 e. The molecule has 0 atom stereocenters. The number of aromatic nitrogens is 1. The van der Waals surface area contributed by atoms with Gasteiger partial charge in [-0.05, 0) is 18.2 Å². The zero-order chi connectivity index (χ0) is 9.26. The van der Waals surface area contributed by atoms with Gasteiger partial charge < -0.3 is 4.98 Å². The zero-order valence-corrected chi connectivity index (χ0v) is 8.23. The maximum absolute atomic E-state index is 5.95. The summed E-state index contributed by atoms with van der Waals surface area (Å²) in [6, 6.07) is 9.39. The Hall–Kier alpha value is -0.920. The van der Waals surface area contributed by atoms with Crippen LogP contribution in [0.2, 0.25) is 10.0 Å². The minimum Gasteiger partial charge on any atom is -0.360 e. The predicted octanol–water partition coefficient (Wildman–Crippen LogP) is 3.99. The van der Waals surface area contributed by atoms with Crippen LogP contribution in [-0.2, 0) is 0 Å². The number of hydrogen-bond donors (Lipinski definition) is 1. The van der Waals surface area contributed by atoms with Crippen LogP contribution in [0.1, 0.15) is 0 Å². The molecule has 0 saturated carbocycles. The van der Waals surface area contributed by atoms with E-state index < -0.39 is 0 Å². The maximum atomic E-state index is 5.95. The third-order valence-electron chi connectivity index (χ3n) is 1.81. The topological polar surface area (TPSA) is 15.8 Å². The van der Waals surface area contributed by atoms with Crippen LogP contribution in [0.3, 0.4) is 0 Å². The quantitative estimate of drug-likeness (QED) is 0.735. The summed E-state index contributed by atoms with van der Waals surface area (Å²) in [4.78, 5) is 3.06. The molecule has 0 amide bonds. The summed E-state index contributed by atoms with van der Waals surface area (Å²) in [6.07, 6.45) is 1.80. The Morgan fingerprint density at radius 1 is 1.08 bits per heavy atom. The number of hydrogen-bond acceptors (Lipinski definition) is 0. The summed E-state index contributed by atoms with van der Waals surface area (Å²) in [6.45, 7) is 0. The fraction of sp³-hybridized carbons (Fsp3) is 0. The van der Waals surface area contributed by atoms with E-state index in [0.717, 1.165) is 11.3 Å². The van der Waals surface area contributed by atoms with Crippen LogP contribution in [0.5, 0.6) is 0 Å². The fourth-order valence-corrected chi connectivity index (χ4v) is 1.63. The van der Waals surface area contributed by atoms with E-state index in [1.165, 1.54) is 0 Å². The van der Waals surface area contributed by atoms with E-state index in [-0.39, 0.29) is 0 Å². The minimum atomic E-state index is 0.710. The Kier molecular flexibility index (Phi) is 2.30. The minimum absolute atomic E-state index is 0.710. The highest BCUT2D eigenvalue weighted by Gasteiger charge is 2.03. The average Bonchev–Trinajstić information content (AvgIpc) is 2.51. The molecule has 1 aromatic heterocycles. The molecule has 0 unspecified atom stereocenters. The van der Waals surface area contributed by atoms with Crippen molar-refractivity contribution in [1.29, 1.82) is 0 Å². The normalized spacial score (nSPS) is 10.3. The van der Waals surface area contributed by atoms with Crippen molar-refractivity contribution >= 4 is 23.2 Å². The summed E-state index contributed by atoms with van der Waals surface area (Å²) in [5, 5.41) is 1.42. The molecular formula is C10H7Cl2N. The Morgan fingerprint density at radius 3 is 2.54 bits per heavy atom. The molecule has 0 aliphatic rings. The second kappa shape index (κ2) is 3.44. The molecule has 0 aliphatic carbocycles. The number of aromatic amines is 1. The van der Waals surface area contributed by atoms with Crippen LogP contribution in [0.15, 0.2) is 36.5 Å². The third-order valence-corrected chi connectivity index (χ3v) is 2.36. The number of H-pyrrole nitrogens is 1. The molecule has 1 aromatic carbocycles. The first-order chi connectivity index (χ1) is 6.27. The summed E-state index contributed by atoms with van der Waals surface area (Å²) < 4.78 is 0. The number of rotatable bonds is 1. The lowest BCUT2D eigenvalue weighted by Gasteiger charge is -1.99. The van der Waals surface area contributed by atoms with Gasteiger partial charge in [-0.25, -0.2) is 0 Å². The van der Waals surface area contributed by atoms with Gasteiger partial charge in [-0.15, -0.1) is 0 Å². The lowest BCUT2D eigenvalue weighted by molar-refractivity contribution is 1.40. The van der Waals surface area contributed by atoms with Crippen molar-refractivity contribution in [1.82, 2.24) is 4.98 Å². The molecule has 1 N–H and O–H groups in total. The highest BCUT2D eigenvalue weighted by atomic mass is 35.5. The van der Waals surface area contributed by atoms with E-state index in [1.807, 2.05) is 30.3 Å². The van der Waals surface area contributed by atoms with Gasteiger partial charge in [0.2, 0.25) is 0 Å². The van der Waals surface area contributed by atoms with Gasteiger partial charge in [0.15, 0.2) is 0 Å². The molecule has 0 fully saturated rings. The van der Waals surface area contributed by atoms with Crippen LogP contribution in [0.25, 0.3) is 11.3 Å². The van der Waals surface area contributed by atoms with Crippen molar-refractivity contribution in [2.24, 2.45) is 0 Å². The summed E-state index contributed by atoms with van der Waals surface area (Å²) in [5.74, 6) is 0. The number of nitrogens with one attached hydrogen (secondary N) is 1. The molecule has 13 heavy (non-hydrogen) atoms. The van der Waals surface area contributed by atoms with Crippen molar-refractivity contribution in [2.75, 3.05) is 0 Å². The largest absolute Gasteiger partial charge is 0.360 e. The van der Waals surface area contributed by atoms with Crippen molar-refractivity contribution in [3.05, 3.63) is 46.6 Å². The van der Waals surface area contributed by atoms with Gasteiger partial charge in [-0.1, -0.05) is 35.3 Å². The third kappa shape index (κ3) is 1.71. The fourth-order valence-electron chi connectivity index (χ4n) is 1.22. The van der Waals surface area contributed by atoms with Gasteiger partial charge >= 0.3 is 0 Å². The zero-order valence-electron chi connectivity index (χ0n) is 6.72. The molecule has 2 rings (SSSR count). The molecule has 0 aliphatic heterocycles. The molecule has 0 spiro atoms. The Bertz CT molecular complexity index is 420. The van der Waals surface area contributed by atoms with Gasteiger partial charge in [-0.3, -0.25) is 0 Å². The van der Waals surface area contributed by atoms with Gasteiger partial charge in [0.05, 0.1) is 10.7 Å². The lowest BCUT2D eigenvalue weighted by Crippen LogP contribution is -1.77. The van der Waals surface area contributed by atoms with E-state index in [2.05, 4.69) is 4.98 Å². The van der Waals surface area contributed by atoms with E-state index in [4.69, 9.17) is 23.2 Å². The standard InChI is InChI=1S/C10H7Cl2N/c11-8-3-1-2-7(6-8)10-9(12)4-5-13-10/h1-6,13H. The molecule has 3 heteroatoms. The van der Waals surface area contributed by atoms with Gasteiger partial charge in [0.25, 0.3) is 0 Å². The molecule has 0 radical (unpaired) electrons. The van der Waals surface area contributed by atoms with Gasteiger partial charge in [0.1, 0.15) is 0 Å². The monoisotopic (exact) mass is 211 g/mol. The molecule has 0 saturated heterocycles. The van der Waals surface area contributed by atoms with Crippen molar-refractivity contribution in [3.63, 3.8) is 0 Å². The van der Waals surface area contributed by atoms with Crippen LogP contribution < -0.4 is 0 Å². The summed E-state index contributed by atoms with van der Waals surface area (Å²) >= 11 is 11.8. The first-order valence-electron chi connectivity index (χ1n) is 3.86. The van der Waals surface area contributed by atoms with E-state index in [9.17, 15) is 0 Å². The number of halogens is 2. The summed E-state index contributed by atoms with van der Waals surface area (Å²) in [5.41, 5.74) is 1.91. The first-order valence-corrected chi connectivity index (χ1v) is 4.62. The van der Waals surface area contributed by atoms with Crippen LogP contribution in [0, 0.1) is 0 Å². The highest BCUT2D eigenvalue weighted by Crippen LogP contribution is 2.27. The average molecular weight is 212 g/mol. The smallest absolute Gasteiger partial charge is 0.0661 e. The second-order valence-electron chi connectivity index (χ2n) is 2.71. The summed E-state index contributed by atoms with van der Waals surface area (Å²) in [7, 11) is 0. The SMILES string of the molecule is Clc1cccc(-c2[nH]ccc2Cl)c1. The number of benzene rings is 1. The van der Waals surface area contributed by atoms with Crippen LogP contribution >= 0.6 is 23.2 Å². The molecule has 2 aromatic rings. The van der Waals surface area contributed by atoms with Crippen molar-refractivity contribution in [2.45, 2.75) is 0 Å². The predicted molar refractivity (Wildman–Crippen MR) is 56.2 cm³/mol. The second-order valence-corrected chi connectivity index (χ2v) is 3.55. The van der Waals surface area contributed by atoms with Crippen LogP contribution in [-0.4, -0.2) is 4.98 Å². The lowest BCUT2D eigenvalue weighted by atomic mass is 10.2. The Morgan fingerprint density at radius 2 is 1.92 bits per heavy atom. The molecule has 66 valence electrons. The molecular weight excluding hydrogens is 205 g/mol. The van der Waals surface area contributed by atoms with E-state index >= 15 is 0 Å². The Balaban J connectivity index is 2.53. The molecule has 0 bridgehead atoms. The molecule has 1 nitrogen and oxygen atoms in total.